The van der Waals surface area contributed by atoms with Crippen molar-refractivity contribution in [1.82, 2.24) is 14.8 Å². The zero-order chi connectivity index (χ0) is 15.1. The fourth-order valence-electron chi connectivity index (χ4n) is 2.10. The number of hydroxylamine groups is 2. The predicted octanol–water partition coefficient (Wildman–Crippen LogP) is 3.52. The van der Waals surface area contributed by atoms with Gasteiger partial charge in [-0.1, -0.05) is 23.2 Å². The largest absolute Gasteiger partial charge is 0.289 e. The SMILES string of the molecule is N#Cc1cc(Cl)c(-n2cc3c(n2)C(F)=CN(O)C3)c(Cl)c1. The van der Waals surface area contributed by atoms with Gasteiger partial charge in [-0.15, -0.1) is 0 Å². The number of halogens is 3. The van der Waals surface area contributed by atoms with E-state index in [1.807, 2.05) is 6.07 Å². The number of nitrogens with zero attached hydrogens (tertiary/aromatic N) is 4. The maximum absolute atomic E-state index is 13.8. The van der Waals surface area contributed by atoms with Crippen LogP contribution in [-0.2, 0) is 6.54 Å². The standard InChI is InChI=1S/C13H7Cl2FN4O/c14-9-1-7(3-17)2-10(15)13(9)20-5-8-4-19(21)6-11(16)12(8)18-20/h1-2,5-6,21H,4H2. The van der Waals surface area contributed by atoms with Crippen molar-refractivity contribution in [2.24, 2.45) is 0 Å². The number of rotatable bonds is 1. The van der Waals surface area contributed by atoms with E-state index < -0.39 is 5.83 Å². The molecule has 0 bridgehead atoms. The van der Waals surface area contributed by atoms with Crippen LogP contribution in [0.4, 0.5) is 4.39 Å². The lowest BCUT2D eigenvalue weighted by molar-refractivity contribution is -0.0509. The molecule has 106 valence electrons. The predicted molar refractivity (Wildman–Crippen MR) is 74.7 cm³/mol. The third kappa shape index (κ3) is 2.36. The lowest BCUT2D eigenvalue weighted by Crippen LogP contribution is -2.15. The molecule has 0 saturated heterocycles. The van der Waals surface area contributed by atoms with Crippen LogP contribution < -0.4 is 0 Å². The maximum Gasteiger partial charge on any atom is 0.169 e. The van der Waals surface area contributed by atoms with E-state index >= 15 is 0 Å². The molecular formula is C13H7Cl2FN4O. The molecule has 0 radical (unpaired) electrons. The van der Waals surface area contributed by atoms with E-state index in [-0.39, 0.29) is 22.3 Å². The topological polar surface area (TPSA) is 65.1 Å². The fraction of sp³-hybridized carbons (Fsp3) is 0.0769. The number of fused-ring (bicyclic) bond motifs is 1. The molecule has 1 aliphatic heterocycles. The molecule has 0 saturated carbocycles. The first-order valence-electron chi connectivity index (χ1n) is 5.81. The quantitative estimate of drug-likeness (QED) is 0.871. The normalized spacial score (nSPS) is 13.7. The molecule has 21 heavy (non-hydrogen) atoms. The summed E-state index contributed by atoms with van der Waals surface area (Å²) in [7, 11) is 0. The highest BCUT2D eigenvalue weighted by molar-refractivity contribution is 6.37. The molecule has 0 fully saturated rings. The van der Waals surface area contributed by atoms with Crippen LogP contribution in [0.3, 0.4) is 0 Å². The summed E-state index contributed by atoms with van der Waals surface area (Å²) < 4.78 is 15.1. The van der Waals surface area contributed by atoms with Crippen molar-refractivity contribution in [1.29, 1.82) is 5.26 Å². The van der Waals surface area contributed by atoms with Crippen molar-refractivity contribution in [3.05, 3.63) is 51.4 Å². The van der Waals surface area contributed by atoms with Crippen LogP contribution in [0.25, 0.3) is 11.5 Å². The zero-order valence-corrected chi connectivity index (χ0v) is 11.9. The summed E-state index contributed by atoms with van der Waals surface area (Å²) >= 11 is 12.2. The lowest BCUT2D eigenvalue weighted by atomic mass is 10.2. The summed E-state index contributed by atoms with van der Waals surface area (Å²) in [5, 5.41) is 23.5. The van der Waals surface area contributed by atoms with Gasteiger partial charge in [-0.2, -0.15) is 10.4 Å². The fourth-order valence-corrected chi connectivity index (χ4v) is 2.76. The van der Waals surface area contributed by atoms with Crippen molar-refractivity contribution in [3.63, 3.8) is 0 Å². The van der Waals surface area contributed by atoms with Gasteiger partial charge in [-0.25, -0.2) is 9.07 Å². The Balaban J connectivity index is 2.14. The molecule has 0 atom stereocenters. The Bertz CT molecular complexity index is 786. The highest BCUT2D eigenvalue weighted by Gasteiger charge is 2.22. The number of nitriles is 1. The van der Waals surface area contributed by atoms with Crippen LogP contribution in [0.1, 0.15) is 16.8 Å². The first kappa shape index (κ1) is 13.9. The molecule has 0 aliphatic carbocycles. The first-order chi connectivity index (χ1) is 9.99. The van der Waals surface area contributed by atoms with E-state index in [1.54, 1.807) is 0 Å². The lowest BCUT2D eigenvalue weighted by Gasteiger charge is -2.15. The van der Waals surface area contributed by atoms with Crippen molar-refractivity contribution >= 4 is 29.0 Å². The third-order valence-electron chi connectivity index (χ3n) is 2.99. The second kappa shape index (κ2) is 5.04. The molecule has 2 aromatic rings. The molecule has 0 unspecified atom stereocenters. The Morgan fingerprint density at radius 3 is 2.62 bits per heavy atom. The van der Waals surface area contributed by atoms with E-state index in [9.17, 15) is 9.60 Å². The molecule has 0 amide bonds. The van der Waals surface area contributed by atoms with Crippen molar-refractivity contribution in [2.75, 3.05) is 0 Å². The van der Waals surface area contributed by atoms with E-state index in [0.29, 0.717) is 16.8 Å². The van der Waals surface area contributed by atoms with Gasteiger partial charge in [0.05, 0.1) is 34.4 Å². The second-order valence-electron chi connectivity index (χ2n) is 4.42. The number of aromatic nitrogens is 2. The summed E-state index contributed by atoms with van der Waals surface area (Å²) in [4.78, 5) is 0. The van der Waals surface area contributed by atoms with Gasteiger partial charge in [-0.05, 0) is 12.1 Å². The molecular weight excluding hydrogens is 318 g/mol. The Labute approximate surface area is 129 Å². The Morgan fingerprint density at radius 2 is 2.00 bits per heavy atom. The minimum Gasteiger partial charge on any atom is -0.289 e. The molecule has 1 aromatic heterocycles. The molecule has 5 nitrogen and oxygen atoms in total. The van der Waals surface area contributed by atoms with Gasteiger partial charge in [0.2, 0.25) is 0 Å². The number of hydrogen-bond acceptors (Lipinski definition) is 4. The van der Waals surface area contributed by atoms with Gasteiger partial charge in [0.15, 0.2) is 5.83 Å². The molecule has 0 spiro atoms. The summed E-state index contributed by atoms with van der Waals surface area (Å²) in [5.74, 6) is -0.654. The van der Waals surface area contributed by atoms with E-state index in [4.69, 9.17) is 28.5 Å². The average molecular weight is 325 g/mol. The highest BCUT2D eigenvalue weighted by atomic mass is 35.5. The van der Waals surface area contributed by atoms with Crippen LogP contribution in [0.15, 0.2) is 24.5 Å². The molecule has 8 heteroatoms. The molecule has 1 N–H and O–H groups in total. The highest BCUT2D eigenvalue weighted by Crippen LogP contribution is 2.32. The van der Waals surface area contributed by atoms with Crippen molar-refractivity contribution in [2.45, 2.75) is 6.54 Å². The van der Waals surface area contributed by atoms with Gasteiger partial charge in [0.25, 0.3) is 0 Å². The first-order valence-corrected chi connectivity index (χ1v) is 6.56. The van der Waals surface area contributed by atoms with E-state index in [0.717, 1.165) is 11.3 Å². The zero-order valence-electron chi connectivity index (χ0n) is 10.4. The van der Waals surface area contributed by atoms with Crippen molar-refractivity contribution < 1.29 is 9.60 Å². The summed E-state index contributed by atoms with van der Waals surface area (Å²) in [6.45, 7) is 0.105. The van der Waals surface area contributed by atoms with Gasteiger partial charge in [0, 0.05) is 11.8 Å². The smallest absolute Gasteiger partial charge is 0.169 e. The Kier molecular flexibility index (Phi) is 3.33. The summed E-state index contributed by atoms with van der Waals surface area (Å²) in [6.07, 6.45) is 2.48. The van der Waals surface area contributed by atoms with Crippen LogP contribution in [0.2, 0.25) is 10.0 Å². The summed E-state index contributed by atoms with van der Waals surface area (Å²) in [6, 6.07) is 4.85. The number of hydrogen-bond donors (Lipinski definition) is 1. The van der Waals surface area contributed by atoms with Crippen LogP contribution in [0, 0.1) is 11.3 Å². The number of benzene rings is 1. The molecule has 1 aliphatic rings. The van der Waals surface area contributed by atoms with Gasteiger partial charge in [-0.3, -0.25) is 10.3 Å². The maximum atomic E-state index is 13.8. The monoisotopic (exact) mass is 324 g/mol. The van der Waals surface area contributed by atoms with E-state index in [2.05, 4.69) is 5.10 Å². The van der Waals surface area contributed by atoms with Crippen LogP contribution >= 0.6 is 23.2 Å². The second-order valence-corrected chi connectivity index (χ2v) is 5.24. The van der Waals surface area contributed by atoms with Gasteiger partial charge < -0.3 is 0 Å². The van der Waals surface area contributed by atoms with Gasteiger partial charge >= 0.3 is 0 Å². The summed E-state index contributed by atoms with van der Waals surface area (Å²) in [5.41, 5.74) is 1.29. The van der Waals surface area contributed by atoms with Gasteiger partial charge in [0.1, 0.15) is 11.4 Å². The van der Waals surface area contributed by atoms with Crippen LogP contribution in [0.5, 0.6) is 0 Å². The molecule has 1 aromatic carbocycles. The average Bonchev–Trinajstić information content (AvgIpc) is 2.81. The minimum atomic E-state index is -0.654. The molecule has 3 rings (SSSR count). The van der Waals surface area contributed by atoms with Crippen LogP contribution in [-0.4, -0.2) is 20.1 Å². The Morgan fingerprint density at radius 1 is 1.33 bits per heavy atom. The third-order valence-corrected chi connectivity index (χ3v) is 3.56. The Hall–Kier alpha value is -2.07. The molecule has 2 heterocycles. The van der Waals surface area contributed by atoms with Crippen molar-refractivity contribution in [3.8, 4) is 11.8 Å². The minimum absolute atomic E-state index is 0.105. The van der Waals surface area contributed by atoms with E-state index in [1.165, 1.54) is 23.0 Å².